The number of hydrogen-bond donors (Lipinski definition) is 0. The van der Waals surface area contributed by atoms with Crippen LogP contribution in [-0.2, 0) is 10.0 Å². The van der Waals surface area contributed by atoms with E-state index in [9.17, 15) is 8.42 Å². The van der Waals surface area contributed by atoms with Crippen LogP contribution in [0.15, 0.2) is 0 Å². The highest BCUT2D eigenvalue weighted by Gasteiger charge is 2.18. The zero-order chi connectivity index (χ0) is 12.6. The lowest BCUT2D eigenvalue weighted by Gasteiger charge is -2.22. The van der Waals surface area contributed by atoms with Gasteiger partial charge in [-0.1, -0.05) is 20.8 Å². The molecule has 6 heteroatoms. The molecule has 0 aliphatic heterocycles. The maximum Gasteiger partial charge on any atom is 0.228 e. The summed E-state index contributed by atoms with van der Waals surface area (Å²) in [5, 5.41) is -0.327. The summed E-state index contributed by atoms with van der Waals surface area (Å²) < 4.78 is 24.5. The van der Waals surface area contributed by atoms with Crippen molar-refractivity contribution in [2.75, 3.05) is 37.9 Å². The van der Waals surface area contributed by atoms with Crippen molar-refractivity contribution in [2.45, 2.75) is 27.2 Å². The Kier molecular flexibility index (Phi) is 8.36. The third kappa shape index (κ3) is 5.48. The molecule has 0 aliphatic carbocycles. The van der Waals surface area contributed by atoms with Crippen molar-refractivity contribution in [1.29, 1.82) is 0 Å². The molecule has 4 nitrogen and oxygen atoms in total. The Morgan fingerprint density at radius 3 is 1.94 bits per heavy atom. The van der Waals surface area contributed by atoms with Gasteiger partial charge in [0.05, 0.1) is 0 Å². The van der Waals surface area contributed by atoms with Gasteiger partial charge >= 0.3 is 0 Å². The Morgan fingerprint density at radius 1 is 1.00 bits per heavy atom. The number of sulfonamides is 1. The predicted molar refractivity (Wildman–Crippen MR) is 69.3 cm³/mol. The summed E-state index contributed by atoms with van der Waals surface area (Å²) in [5.41, 5.74) is 0. The molecule has 0 fully saturated rings. The van der Waals surface area contributed by atoms with E-state index in [4.69, 9.17) is 11.6 Å². The summed E-state index contributed by atoms with van der Waals surface area (Å²) in [5.74, 6) is 0. The molecule has 0 bridgehead atoms. The first-order valence-corrected chi connectivity index (χ1v) is 7.92. The number of alkyl halides is 1. The molecule has 0 amide bonds. The van der Waals surface area contributed by atoms with Gasteiger partial charge in [-0.25, -0.2) is 12.7 Å². The van der Waals surface area contributed by atoms with Crippen LogP contribution in [0.2, 0.25) is 0 Å². The maximum atomic E-state index is 11.5. The highest BCUT2D eigenvalue weighted by Crippen LogP contribution is 2.05. The van der Waals surface area contributed by atoms with Crippen LogP contribution in [0, 0.1) is 0 Å². The molecular formula is C10H23ClN2O2S. The van der Waals surface area contributed by atoms with Gasteiger partial charge < -0.3 is 4.90 Å². The van der Waals surface area contributed by atoms with Crippen LogP contribution >= 0.6 is 11.6 Å². The van der Waals surface area contributed by atoms with Gasteiger partial charge in [0.15, 0.2) is 0 Å². The van der Waals surface area contributed by atoms with Gasteiger partial charge in [0.2, 0.25) is 10.0 Å². The Morgan fingerprint density at radius 2 is 1.56 bits per heavy atom. The molecule has 0 radical (unpaired) electrons. The van der Waals surface area contributed by atoms with Crippen molar-refractivity contribution >= 4 is 21.6 Å². The molecule has 0 aromatic heterocycles. The fraction of sp³-hybridized carbons (Fsp3) is 1.00. The minimum atomic E-state index is -3.24. The molecular weight excluding hydrogens is 248 g/mol. The summed E-state index contributed by atoms with van der Waals surface area (Å²) in [6.07, 6.45) is 0.853. The van der Waals surface area contributed by atoms with Crippen LogP contribution in [0.1, 0.15) is 27.2 Å². The largest absolute Gasteiger partial charge is 0.304 e. The van der Waals surface area contributed by atoms with Crippen LogP contribution in [0.4, 0.5) is 0 Å². The second-order valence-corrected chi connectivity index (χ2v) is 6.15. The number of nitrogens with zero attached hydrogens (tertiary/aromatic N) is 2. The summed E-state index contributed by atoms with van der Waals surface area (Å²) in [7, 11) is -3.24. The quantitative estimate of drug-likeness (QED) is 0.597. The zero-order valence-corrected chi connectivity index (χ0v) is 12.0. The molecule has 0 N–H and O–H groups in total. The Labute approximate surface area is 105 Å². The number of hydrogen-bond acceptors (Lipinski definition) is 3. The smallest absolute Gasteiger partial charge is 0.228 e. The van der Waals surface area contributed by atoms with Crippen molar-refractivity contribution in [3.63, 3.8) is 0 Å². The Bertz CT molecular complexity index is 266. The van der Waals surface area contributed by atoms with Crippen molar-refractivity contribution in [1.82, 2.24) is 9.21 Å². The maximum absolute atomic E-state index is 11.5. The average Bonchev–Trinajstić information content (AvgIpc) is 2.29. The van der Waals surface area contributed by atoms with Crippen molar-refractivity contribution in [3.8, 4) is 0 Å². The number of rotatable bonds is 9. The van der Waals surface area contributed by atoms with E-state index in [0.717, 1.165) is 26.1 Å². The molecule has 0 saturated carbocycles. The van der Waals surface area contributed by atoms with Crippen molar-refractivity contribution < 1.29 is 8.42 Å². The van der Waals surface area contributed by atoms with E-state index in [1.54, 1.807) is 0 Å². The second kappa shape index (κ2) is 8.28. The van der Waals surface area contributed by atoms with E-state index in [0.29, 0.717) is 13.1 Å². The van der Waals surface area contributed by atoms with Gasteiger partial charge in [0.1, 0.15) is 5.21 Å². The normalized spacial score (nSPS) is 12.6. The lowest BCUT2D eigenvalue weighted by molar-refractivity contribution is 0.285. The summed E-state index contributed by atoms with van der Waals surface area (Å²) in [6, 6.07) is 0. The molecule has 16 heavy (non-hydrogen) atoms. The lowest BCUT2D eigenvalue weighted by atomic mass is 10.3. The summed E-state index contributed by atoms with van der Waals surface area (Å²) in [6.45, 7) is 10.0. The zero-order valence-electron chi connectivity index (χ0n) is 10.4. The van der Waals surface area contributed by atoms with Crippen molar-refractivity contribution in [3.05, 3.63) is 0 Å². The standard InChI is InChI=1S/C10H23ClN2O2S/c1-4-12(5-2)8-7-9-13(6-3)16(14,15)10-11/h4-10H2,1-3H3. The molecule has 0 atom stereocenters. The first kappa shape index (κ1) is 16.2. The van der Waals surface area contributed by atoms with Crippen molar-refractivity contribution in [2.24, 2.45) is 0 Å². The monoisotopic (exact) mass is 270 g/mol. The van der Waals surface area contributed by atoms with E-state index in [1.807, 2.05) is 6.92 Å². The van der Waals surface area contributed by atoms with E-state index >= 15 is 0 Å². The van der Waals surface area contributed by atoms with Gasteiger partial charge in [-0.05, 0) is 26.1 Å². The van der Waals surface area contributed by atoms with Crippen LogP contribution in [0.3, 0.4) is 0 Å². The minimum Gasteiger partial charge on any atom is -0.304 e. The fourth-order valence-electron chi connectivity index (χ4n) is 1.57. The Hall–Kier alpha value is 0.160. The molecule has 0 rings (SSSR count). The van der Waals surface area contributed by atoms with Crippen LogP contribution in [-0.4, -0.2) is 55.6 Å². The average molecular weight is 271 g/mol. The molecule has 0 heterocycles. The highest BCUT2D eigenvalue weighted by molar-refractivity contribution is 7.90. The second-order valence-electron chi connectivity index (χ2n) is 3.59. The van der Waals surface area contributed by atoms with Gasteiger partial charge in [0, 0.05) is 13.1 Å². The van der Waals surface area contributed by atoms with Crippen LogP contribution in [0.5, 0.6) is 0 Å². The molecule has 0 saturated heterocycles. The van der Waals surface area contributed by atoms with Crippen LogP contribution < -0.4 is 0 Å². The molecule has 0 aliphatic rings. The van der Waals surface area contributed by atoms with E-state index in [1.165, 1.54) is 4.31 Å². The molecule has 0 unspecified atom stereocenters. The minimum absolute atomic E-state index is 0.327. The predicted octanol–water partition coefficient (Wildman–Crippen LogP) is 1.57. The van der Waals surface area contributed by atoms with Gasteiger partial charge in [0.25, 0.3) is 0 Å². The van der Waals surface area contributed by atoms with Gasteiger partial charge in [-0.2, -0.15) is 0 Å². The van der Waals surface area contributed by atoms with E-state index in [-0.39, 0.29) is 5.21 Å². The first-order chi connectivity index (χ1) is 7.51. The molecule has 0 spiro atoms. The SMILES string of the molecule is CCN(CC)CCCN(CC)S(=O)(=O)CCl. The molecule has 0 aromatic carbocycles. The third-order valence-electron chi connectivity index (χ3n) is 2.66. The summed E-state index contributed by atoms with van der Waals surface area (Å²) >= 11 is 5.42. The Balaban J connectivity index is 4.07. The van der Waals surface area contributed by atoms with E-state index < -0.39 is 10.0 Å². The number of halogens is 1. The van der Waals surface area contributed by atoms with Gasteiger partial charge in [-0.3, -0.25) is 0 Å². The fourth-order valence-corrected chi connectivity index (χ4v) is 2.93. The molecule has 0 aromatic rings. The first-order valence-electron chi connectivity index (χ1n) is 5.77. The molecule has 98 valence electrons. The topological polar surface area (TPSA) is 40.6 Å². The highest BCUT2D eigenvalue weighted by atomic mass is 35.5. The third-order valence-corrected chi connectivity index (χ3v) is 4.99. The van der Waals surface area contributed by atoms with Crippen LogP contribution in [0.25, 0.3) is 0 Å². The van der Waals surface area contributed by atoms with Gasteiger partial charge in [-0.15, -0.1) is 11.6 Å². The lowest BCUT2D eigenvalue weighted by Crippen LogP contribution is -2.34. The van der Waals surface area contributed by atoms with E-state index in [2.05, 4.69) is 18.7 Å². The summed E-state index contributed by atoms with van der Waals surface area (Å²) in [4.78, 5) is 2.28.